The van der Waals surface area contributed by atoms with Crippen LogP contribution < -0.4 is 14.5 Å². The fourth-order valence-electron chi connectivity index (χ4n) is 3.21. The van der Waals surface area contributed by atoms with Gasteiger partial charge in [0.1, 0.15) is 5.75 Å². The molecule has 0 saturated carbocycles. The summed E-state index contributed by atoms with van der Waals surface area (Å²) in [5.74, 6) is 1.37. The molecule has 2 aromatic rings. The van der Waals surface area contributed by atoms with Crippen LogP contribution in [0, 0.1) is 0 Å². The molecule has 2 amide bonds. The van der Waals surface area contributed by atoms with E-state index in [1.807, 2.05) is 17.0 Å². The first-order chi connectivity index (χ1) is 13.6. The van der Waals surface area contributed by atoms with Crippen LogP contribution in [0.3, 0.4) is 0 Å². The standard InChI is InChI=1S/C20H25N5O3/c1-16(26)25(17-4-6-18(28-2)7-5-17)11-8-19(27)23-12-14-24(15-13-23)20-21-9-3-10-22-20/h3-7,9-10H,8,11-15H2,1-2H3. The van der Waals surface area contributed by atoms with Crippen molar-refractivity contribution >= 4 is 23.5 Å². The Morgan fingerprint density at radius 1 is 1.07 bits per heavy atom. The molecule has 1 aromatic heterocycles. The van der Waals surface area contributed by atoms with Crippen LogP contribution in [0.1, 0.15) is 13.3 Å². The number of anilines is 2. The van der Waals surface area contributed by atoms with Gasteiger partial charge < -0.3 is 19.4 Å². The average molecular weight is 383 g/mol. The molecule has 148 valence electrons. The first-order valence-corrected chi connectivity index (χ1v) is 9.30. The van der Waals surface area contributed by atoms with Crippen molar-refractivity contribution in [3.8, 4) is 5.75 Å². The third kappa shape index (κ3) is 4.76. The molecule has 1 aromatic carbocycles. The zero-order valence-electron chi connectivity index (χ0n) is 16.2. The molecule has 1 fully saturated rings. The molecule has 0 N–H and O–H groups in total. The molecule has 0 bridgehead atoms. The fraction of sp³-hybridized carbons (Fsp3) is 0.400. The van der Waals surface area contributed by atoms with Gasteiger partial charge in [-0.1, -0.05) is 0 Å². The number of piperazine rings is 1. The lowest BCUT2D eigenvalue weighted by Gasteiger charge is -2.35. The van der Waals surface area contributed by atoms with Crippen molar-refractivity contribution in [1.82, 2.24) is 14.9 Å². The lowest BCUT2D eigenvalue weighted by molar-refractivity contribution is -0.131. The van der Waals surface area contributed by atoms with Gasteiger partial charge in [0, 0.05) is 64.1 Å². The summed E-state index contributed by atoms with van der Waals surface area (Å²) in [4.78, 5) is 38.7. The Morgan fingerprint density at radius 2 is 1.71 bits per heavy atom. The second-order valence-electron chi connectivity index (χ2n) is 6.54. The van der Waals surface area contributed by atoms with Crippen LogP contribution in [0.15, 0.2) is 42.7 Å². The molecule has 1 saturated heterocycles. The molecule has 8 nitrogen and oxygen atoms in total. The van der Waals surface area contributed by atoms with E-state index in [4.69, 9.17) is 4.74 Å². The van der Waals surface area contributed by atoms with Gasteiger partial charge >= 0.3 is 0 Å². The Labute approximate surface area is 164 Å². The fourth-order valence-corrected chi connectivity index (χ4v) is 3.21. The number of carbonyl (C=O) groups excluding carboxylic acids is 2. The van der Waals surface area contributed by atoms with Crippen molar-refractivity contribution in [2.45, 2.75) is 13.3 Å². The van der Waals surface area contributed by atoms with E-state index in [1.54, 1.807) is 42.6 Å². The molecule has 0 unspecified atom stereocenters. The first kappa shape index (κ1) is 19.6. The summed E-state index contributed by atoms with van der Waals surface area (Å²) in [5, 5.41) is 0. The average Bonchev–Trinajstić information content (AvgIpc) is 2.74. The third-order valence-corrected chi connectivity index (χ3v) is 4.78. The minimum Gasteiger partial charge on any atom is -0.497 e. The number of benzene rings is 1. The minimum absolute atomic E-state index is 0.0494. The quantitative estimate of drug-likeness (QED) is 0.754. The zero-order chi connectivity index (χ0) is 19.9. The minimum atomic E-state index is -0.0935. The summed E-state index contributed by atoms with van der Waals surface area (Å²) in [7, 11) is 1.60. The van der Waals surface area contributed by atoms with Gasteiger partial charge in [0.15, 0.2) is 0 Å². The maximum Gasteiger partial charge on any atom is 0.225 e. The number of amides is 2. The maximum atomic E-state index is 12.6. The van der Waals surface area contributed by atoms with Crippen molar-refractivity contribution in [3.63, 3.8) is 0 Å². The van der Waals surface area contributed by atoms with E-state index in [1.165, 1.54) is 6.92 Å². The molecule has 2 heterocycles. The number of carbonyl (C=O) groups is 2. The maximum absolute atomic E-state index is 12.6. The van der Waals surface area contributed by atoms with E-state index < -0.39 is 0 Å². The molecule has 0 radical (unpaired) electrons. The lowest BCUT2D eigenvalue weighted by atomic mass is 10.2. The summed E-state index contributed by atoms with van der Waals surface area (Å²) < 4.78 is 5.15. The molecule has 1 aliphatic heterocycles. The molecule has 28 heavy (non-hydrogen) atoms. The number of rotatable bonds is 6. The van der Waals surface area contributed by atoms with E-state index in [0.29, 0.717) is 38.7 Å². The van der Waals surface area contributed by atoms with Gasteiger partial charge in [0.2, 0.25) is 17.8 Å². The predicted octanol–water partition coefficient (Wildman–Crippen LogP) is 1.58. The highest BCUT2D eigenvalue weighted by molar-refractivity contribution is 5.92. The number of nitrogens with zero attached hydrogens (tertiary/aromatic N) is 5. The van der Waals surface area contributed by atoms with Crippen LogP contribution in [0.5, 0.6) is 5.75 Å². The second kappa shape index (κ2) is 9.16. The number of aromatic nitrogens is 2. The summed E-state index contributed by atoms with van der Waals surface area (Å²) in [6, 6.07) is 9.04. The van der Waals surface area contributed by atoms with Crippen molar-refractivity contribution in [2.75, 3.05) is 49.6 Å². The van der Waals surface area contributed by atoms with E-state index in [-0.39, 0.29) is 18.2 Å². The van der Waals surface area contributed by atoms with Crippen LogP contribution in [0.2, 0.25) is 0 Å². The molecule has 1 aliphatic rings. The highest BCUT2D eigenvalue weighted by Gasteiger charge is 2.23. The van der Waals surface area contributed by atoms with Crippen LogP contribution in [-0.2, 0) is 9.59 Å². The van der Waals surface area contributed by atoms with Crippen molar-refractivity contribution < 1.29 is 14.3 Å². The molecule has 8 heteroatoms. The number of hydrogen-bond donors (Lipinski definition) is 0. The lowest BCUT2D eigenvalue weighted by Crippen LogP contribution is -2.49. The summed E-state index contributed by atoms with van der Waals surface area (Å²) in [6.45, 7) is 4.50. The summed E-state index contributed by atoms with van der Waals surface area (Å²) >= 11 is 0. The van der Waals surface area contributed by atoms with Gasteiger partial charge in [-0.15, -0.1) is 0 Å². The summed E-state index contributed by atoms with van der Waals surface area (Å²) in [5.41, 5.74) is 0.757. The monoisotopic (exact) mass is 383 g/mol. The summed E-state index contributed by atoms with van der Waals surface area (Å²) in [6.07, 6.45) is 3.72. The van der Waals surface area contributed by atoms with Gasteiger partial charge in [-0.05, 0) is 30.3 Å². The molecule has 0 aliphatic carbocycles. The van der Waals surface area contributed by atoms with E-state index in [2.05, 4.69) is 14.9 Å². The van der Waals surface area contributed by atoms with E-state index in [0.717, 1.165) is 11.4 Å². The van der Waals surface area contributed by atoms with Gasteiger partial charge in [0.05, 0.1) is 7.11 Å². The molecular weight excluding hydrogens is 358 g/mol. The Balaban J connectivity index is 1.53. The molecule has 0 spiro atoms. The van der Waals surface area contributed by atoms with E-state index >= 15 is 0 Å². The van der Waals surface area contributed by atoms with Gasteiger partial charge in [-0.25, -0.2) is 9.97 Å². The van der Waals surface area contributed by atoms with Crippen molar-refractivity contribution in [2.24, 2.45) is 0 Å². The third-order valence-electron chi connectivity index (χ3n) is 4.78. The molecule has 0 atom stereocenters. The largest absolute Gasteiger partial charge is 0.497 e. The Kier molecular flexibility index (Phi) is 6.41. The normalized spacial score (nSPS) is 13.9. The SMILES string of the molecule is COc1ccc(N(CCC(=O)N2CCN(c3ncccn3)CC2)C(C)=O)cc1. The number of ether oxygens (including phenoxy) is 1. The van der Waals surface area contributed by atoms with E-state index in [9.17, 15) is 9.59 Å². The van der Waals surface area contributed by atoms with Crippen molar-refractivity contribution in [1.29, 1.82) is 0 Å². The van der Waals surface area contributed by atoms with Crippen LogP contribution >= 0.6 is 0 Å². The smallest absolute Gasteiger partial charge is 0.225 e. The first-order valence-electron chi connectivity index (χ1n) is 9.30. The van der Waals surface area contributed by atoms with Gasteiger partial charge in [-0.2, -0.15) is 0 Å². The highest BCUT2D eigenvalue weighted by atomic mass is 16.5. The number of methoxy groups -OCH3 is 1. The topological polar surface area (TPSA) is 78.9 Å². The number of hydrogen-bond acceptors (Lipinski definition) is 6. The van der Waals surface area contributed by atoms with Crippen LogP contribution in [0.4, 0.5) is 11.6 Å². The van der Waals surface area contributed by atoms with Crippen LogP contribution in [0.25, 0.3) is 0 Å². The zero-order valence-corrected chi connectivity index (χ0v) is 16.2. The highest BCUT2D eigenvalue weighted by Crippen LogP contribution is 2.20. The van der Waals surface area contributed by atoms with Gasteiger partial charge in [0.25, 0.3) is 0 Å². The van der Waals surface area contributed by atoms with Crippen molar-refractivity contribution in [3.05, 3.63) is 42.7 Å². The Morgan fingerprint density at radius 3 is 2.29 bits per heavy atom. The molecule has 3 rings (SSSR count). The molecular formula is C20H25N5O3. The predicted molar refractivity (Wildman–Crippen MR) is 106 cm³/mol. The Hall–Kier alpha value is -3.16. The van der Waals surface area contributed by atoms with Gasteiger partial charge in [-0.3, -0.25) is 9.59 Å². The Bertz CT molecular complexity index is 789. The second-order valence-corrected chi connectivity index (χ2v) is 6.54. The van der Waals surface area contributed by atoms with Crippen LogP contribution in [-0.4, -0.2) is 66.5 Å².